The largest absolute Gasteiger partial charge is 0.512 e. The van der Waals surface area contributed by atoms with Gasteiger partial charge in [-0.2, -0.15) is 17.7 Å². The van der Waals surface area contributed by atoms with Crippen LogP contribution in [0.2, 0.25) is 0 Å². The van der Waals surface area contributed by atoms with Gasteiger partial charge in [-0.1, -0.05) is 219 Å². The van der Waals surface area contributed by atoms with Crippen molar-refractivity contribution in [3.8, 4) is 90.3 Å². The summed E-state index contributed by atoms with van der Waals surface area (Å²) in [6, 6.07) is 129. The summed E-state index contributed by atoms with van der Waals surface area (Å²) in [5.41, 5.74) is 24.7. The number of aromatic hydroxyl groups is 2. The van der Waals surface area contributed by atoms with Gasteiger partial charge in [0.15, 0.2) is 24.3 Å². The summed E-state index contributed by atoms with van der Waals surface area (Å²) in [6.07, 6.45) is 9.39. The minimum atomic E-state index is -4.34. The predicted octanol–water partition coefficient (Wildman–Crippen LogP) is 30.7. The summed E-state index contributed by atoms with van der Waals surface area (Å²) in [7, 11) is 0. The van der Waals surface area contributed by atoms with E-state index in [4.69, 9.17) is 10.2 Å². The van der Waals surface area contributed by atoms with Crippen LogP contribution in [0.3, 0.4) is 0 Å². The average molecular weight is 2650 g/mol. The number of carbonyl (C=O) groups excluding carboxylic acids is 2. The normalized spacial score (nSPS) is 11.5. The number of aliphatic hydroxyl groups is 2. The van der Waals surface area contributed by atoms with Crippen LogP contribution in [0.5, 0.6) is 11.5 Å². The SMILES string of the molecule is CC(=O)C=C(C)O.CC(=O)C=C(C)O.CC(C)(C)c1ccnc(-c2ccccc2O)c1.CC(C)(C)c1ccnc(-c2ccccc2O)c1.CC1(C)c2ccc[c-]c2-c2nccc3cccc1c23.Cc1ccc(-c2[c-]cccc2)nc1.FC(F)(F)c1c[c-]c(-c2ccc3ccccc3n2)cc1.[Ir].[Ir].[Ir].[Pt].[c-]1ccccc1-c1nccc2ccccc12.c1ccc(N(c2ccccc2)c2cc[n+]3c(c2)-c2ccccc2C3)cc1. The van der Waals surface area contributed by atoms with Crippen molar-refractivity contribution in [1.29, 1.82) is 0 Å². The van der Waals surface area contributed by atoms with E-state index in [1.807, 2.05) is 195 Å². The quantitative estimate of drug-likeness (QED) is 0.0437. The standard InChI is InChI=1S/C24H19N2.C18H14N.C16H9F3N.2C15H17NO.C15H10N.C12H10N.2C5H8O2.3Ir.Pt/c1-3-10-20(11-4-1)26(21-12-5-2-6-13-21)22-15-16-25-18-19-9-7-8-14-23(19)24(25)17-22;1-18(2)14-8-4-3-7-13(14)17-16-12(10-11-19-17)6-5-9-15(16)18;17-16(18,19)13-8-5-12(6-9-13)15-10-7-11-3-1-2-4-14(11)20-15;2*1-15(2,3)11-8-9-16-13(10-11)12-6-4-5-7-14(12)17;1-2-7-13(8-3-1)15-14-9-5-4-6-12(14)10-11-16-15;1-10-7-8-12(13-9-10)11-5-3-2-4-6-11;2*1-4(6)3-5(2)7;;;;/h1-17H,18H2;3-6,8-11H,1-2H3;1-5,7-10H;2*4-10,17H,1-3H3;1-7,9-11H;2-5,7-9H,1H3;2*3,6H,1-2H3;;;;/q+1;2*-1;;;2*-1;;;;;;. The Kier molecular flexibility index (Phi) is 42.7. The van der Waals surface area contributed by atoms with Crippen molar-refractivity contribution in [3.05, 3.63) is 482 Å². The van der Waals surface area contributed by atoms with Crippen LogP contribution in [0.15, 0.2) is 419 Å². The molecule has 0 atom stereocenters. The van der Waals surface area contributed by atoms with Gasteiger partial charge in [-0.3, -0.25) is 24.5 Å². The number of halogens is 3. The maximum absolute atomic E-state index is 12.5. The van der Waals surface area contributed by atoms with E-state index < -0.39 is 11.7 Å². The van der Waals surface area contributed by atoms with Crippen molar-refractivity contribution >= 4 is 61.1 Å². The molecule has 19 aromatic rings. The number of hydrogen-bond donors (Lipinski definition) is 4. The summed E-state index contributed by atoms with van der Waals surface area (Å²) in [4.78, 5) is 48.8. The number of phenolic OH excluding ortho intramolecular Hbond substituents is 2. The number of rotatable bonds is 10. The number of allylic oxidation sites excluding steroid dienone is 4. The molecule has 0 spiro atoms. The van der Waals surface area contributed by atoms with Crippen LogP contribution >= 0.6 is 0 Å². The van der Waals surface area contributed by atoms with Gasteiger partial charge in [0.1, 0.15) is 11.5 Å². The van der Waals surface area contributed by atoms with E-state index in [9.17, 15) is 33.0 Å². The number of pyridine rings is 7. The maximum atomic E-state index is 12.5. The second-order valence-electron chi connectivity index (χ2n) is 36.4. The van der Waals surface area contributed by atoms with Crippen LogP contribution in [0.1, 0.15) is 122 Å². The number of alkyl halides is 3. The zero-order valence-corrected chi connectivity index (χ0v) is 92.5. The molecule has 4 N–H and O–H groups in total. The van der Waals surface area contributed by atoms with E-state index in [-0.39, 0.29) is 132 Å². The molecular weight excluding hydrogens is 2540 g/mol. The molecule has 0 unspecified atom stereocenters. The molecule has 7 aromatic heterocycles. The van der Waals surface area contributed by atoms with Gasteiger partial charge < -0.3 is 40.3 Å². The fraction of sp³-hybridized carbons (Fsp3) is 0.144. The Labute approximate surface area is 908 Å². The van der Waals surface area contributed by atoms with E-state index in [0.29, 0.717) is 11.3 Å². The molecule has 146 heavy (non-hydrogen) atoms. The predicted molar refractivity (Wildman–Crippen MR) is 568 cm³/mol. The number of anilines is 3. The molecule has 1 aliphatic carbocycles. The van der Waals surface area contributed by atoms with Crippen LogP contribution in [0.4, 0.5) is 30.2 Å². The average Bonchev–Trinajstić information content (AvgIpc) is 0.793. The van der Waals surface area contributed by atoms with Gasteiger partial charge in [-0.25, -0.2) is 0 Å². The second-order valence-corrected chi connectivity index (χ2v) is 36.4. The number of para-hydroxylation sites is 5. The Balaban J connectivity index is 0.000000186. The Morgan fingerprint density at radius 2 is 0.904 bits per heavy atom. The van der Waals surface area contributed by atoms with Gasteiger partial charge >= 0.3 is 6.18 Å². The van der Waals surface area contributed by atoms with Crippen LogP contribution in [-0.2, 0) is 120 Å². The third kappa shape index (κ3) is 31.4. The van der Waals surface area contributed by atoms with Gasteiger partial charge in [0.25, 0.3) is 0 Å². The Hall–Kier alpha value is -14.3. The number of aromatic nitrogens is 7. The molecule has 0 amide bonds. The minimum absolute atomic E-state index is 0. The number of fused-ring (bicyclic) bond motifs is 7. The first-order valence-corrected chi connectivity index (χ1v) is 46.5. The van der Waals surface area contributed by atoms with E-state index in [0.717, 1.165) is 97.2 Å². The van der Waals surface area contributed by atoms with E-state index in [2.05, 4.69) is 277 Å². The van der Waals surface area contributed by atoms with Crippen molar-refractivity contribution in [2.75, 3.05) is 4.90 Å². The second kappa shape index (κ2) is 54.1. The fourth-order valence-corrected chi connectivity index (χ4v) is 16.0. The minimum Gasteiger partial charge on any atom is -0.512 e. The number of phenols is 2. The summed E-state index contributed by atoms with van der Waals surface area (Å²) >= 11 is 0. The maximum Gasteiger partial charge on any atom is 0.381 e. The summed E-state index contributed by atoms with van der Waals surface area (Å²) in [5, 5.41) is 42.3. The van der Waals surface area contributed by atoms with Crippen molar-refractivity contribution < 1.29 is 129 Å². The van der Waals surface area contributed by atoms with Crippen molar-refractivity contribution in [1.82, 2.24) is 29.9 Å². The molecule has 12 aromatic carbocycles. The molecule has 0 fully saturated rings. The zero-order chi connectivity index (χ0) is 101. The Morgan fingerprint density at radius 1 is 0.418 bits per heavy atom. The number of benzene rings is 12. The Bertz CT molecular complexity index is 7400. The zero-order valence-electron chi connectivity index (χ0n) is 83.0. The van der Waals surface area contributed by atoms with Crippen LogP contribution < -0.4 is 9.47 Å². The molecule has 749 valence electrons. The molecule has 1 aliphatic heterocycles. The number of carbonyl (C=O) groups is 2. The van der Waals surface area contributed by atoms with Crippen molar-refractivity contribution in [2.24, 2.45) is 0 Å². The third-order valence-electron chi connectivity index (χ3n) is 23.2. The van der Waals surface area contributed by atoms with Crippen molar-refractivity contribution in [3.63, 3.8) is 0 Å². The molecule has 0 saturated heterocycles. The van der Waals surface area contributed by atoms with Crippen LogP contribution in [0.25, 0.3) is 111 Å². The molecule has 0 bridgehead atoms. The number of aliphatic hydroxyl groups excluding tert-OH is 2. The monoisotopic (exact) mass is 2650 g/mol. The van der Waals surface area contributed by atoms with Gasteiger partial charge in [0.2, 0.25) is 5.69 Å². The summed E-state index contributed by atoms with van der Waals surface area (Å²) in [6.45, 7) is 26.2. The van der Waals surface area contributed by atoms with Crippen molar-refractivity contribution in [2.45, 2.75) is 119 Å². The molecule has 21 heteroatoms. The first-order chi connectivity index (χ1) is 68.2. The van der Waals surface area contributed by atoms with E-state index in [1.54, 1.807) is 30.6 Å². The Morgan fingerprint density at radius 3 is 1.43 bits per heavy atom. The molecule has 3 radical (unpaired) electrons. The van der Waals surface area contributed by atoms with Crippen LogP contribution in [0, 0.1) is 31.2 Å². The fourth-order valence-electron chi connectivity index (χ4n) is 16.0. The topological polar surface area (TPSA) is 200 Å². The number of nitrogens with zero attached hydrogens (tertiary/aromatic N) is 8. The van der Waals surface area contributed by atoms with Gasteiger partial charge in [0, 0.05) is 165 Å². The third-order valence-corrected chi connectivity index (χ3v) is 23.2. The number of aryl methyl sites for hydroxylation is 1. The van der Waals surface area contributed by atoms with Gasteiger partial charge in [0.05, 0.1) is 39.7 Å². The number of hydrogen-bond acceptors (Lipinski definition) is 13. The smallest absolute Gasteiger partial charge is 0.381 e. The molecule has 21 rings (SSSR count). The molecular formula is C125H112F3Ir3N8O6Pt-3. The van der Waals surface area contributed by atoms with Gasteiger partial charge in [-0.15, -0.1) is 137 Å². The van der Waals surface area contributed by atoms with E-state index >= 15 is 0 Å². The summed E-state index contributed by atoms with van der Waals surface area (Å²) in [5.74, 6) is 0.414. The number of ketones is 2. The summed E-state index contributed by atoms with van der Waals surface area (Å²) < 4.78 is 39.8. The molecule has 8 heterocycles. The van der Waals surface area contributed by atoms with Gasteiger partial charge in [-0.05, 0) is 225 Å². The molecule has 14 nitrogen and oxygen atoms in total. The first-order valence-electron chi connectivity index (χ1n) is 46.5. The molecule has 2 aliphatic rings. The first kappa shape index (κ1) is 115. The van der Waals surface area contributed by atoms with E-state index in [1.165, 1.54) is 118 Å². The van der Waals surface area contributed by atoms with Crippen LogP contribution in [-0.4, -0.2) is 61.9 Å². The molecule has 0 saturated carbocycles.